The minimum atomic E-state index is -4.51. The van der Waals surface area contributed by atoms with Crippen LogP contribution in [0.4, 0.5) is 13.2 Å². The van der Waals surface area contributed by atoms with Gasteiger partial charge in [-0.05, 0) is 58.9 Å². The molecule has 0 heterocycles. The molecule has 10 heteroatoms. The zero-order valence-corrected chi connectivity index (χ0v) is 22.6. The van der Waals surface area contributed by atoms with Crippen LogP contribution in [0.3, 0.4) is 0 Å². The van der Waals surface area contributed by atoms with Gasteiger partial charge in [0, 0.05) is 6.26 Å². The van der Waals surface area contributed by atoms with Crippen LogP contribution in [0.2, 0.25) is 0 Å². The van der Waals surface area contributed by atoms with Gasteiger partial charge in [0.15, 0.2) is 9.84 Å². The zero-order valence-electron chi connectivity index (χ0n) is 21.8. The van der Waals surface area contributed by atoms with Crippen molar-refractivity contribution in [3.05, 3.63) is 89.5 Å². The van der Waals surface area contributed by atoms with E-state index < -0.39 is 39.6 Å². The van der Waals surface area contributed by atoms with Crippen LogP contribution in [0, 0.1) is 17.2 Å². The van der Waals surface area contributed by atoms with E-state index in [0.29, 0.717) is 17.5 Å². The van der Waals surface area contributed by atoms with Crippen molar-refractivity contribution in [3.63, 3.8) is 0 Å². The van der Waals surface area contributed by atoms with Gasteiger partial charge in [-0.3, -0.25) is 9.69 Å². The highest BCUT2D eigenvalue weighted by Crippen LogP contribution is 2.36. The molecule has 2 atom stereocenters. The van der Waals surface area contributed by atoms with Crippen molar-refractivity contribution >= 4 is 15.7 Å². The number of sulfone groups is 1. The lowest BCUT2D eigenvalue weighted by Crippen LogP contribution is -2.47. The summed E-state index contributed by atoms with van der Waals surface area (Å²) < 4.78 is 63.3. The molecule has 0 saturated heterocycles. The number of benzene rings is 3. The molecule has 206 valence electrons. The zero-order chi connectivity index (χ0) is 29.0. The Hall–Kier alpha value is -3.68. The van der Waals surface area contributed by atoms with E-state index in [2.05, 4.69) is 6.07 Å². The molecule has 6 nitrogen and oxygen atoms in total. The summed E-state index contributed by atoms with van der Waals surface area (Å²) in [5.41, 5.74) is 7.62. The third-order valence-corrected chi connectivity index (χ3v) is 7.53. The fourth-order valence-corrected chi connectivity index (χ4v) is 5.14. The minimum Gasteiger partial charge on any atom is -0.368 e. The Labute approximate surface area is 226 Å². The average Bonchev–Trinajstić information content (AvgIpc) is 2.86. The van der Waals surface area contributed by atoms with Gasteiger partial charge in [-0.25, -0.2) is 8.42 Å². The summed E-state index contributed by atoms with van der Waals surface area (Å²) in [6.45, 7) is 3.65. The molecule has 0 spiro atoms. The molecule has 0 aliphatic carbocycles. The molecule has 2 N–H and O–H groups in total. The number of primary amides is 1. The van der Waals surface area contributed by atoms with Crippen LogP contribution in [0.5, 0.6) is 0 Å². The number of amides is 1. The number of halogens is 3. The van der Waals surface area contributed by atoms with Crippen LogP contribution in [0.25, 0.3) is 11.1 Å². The van der Waals surface area contributed by atoms with Crippen LogP contribution in [-0.4, -0.2) is 38.1 Å². The second-order valence-electron chi connectivity index (χ2n) is 9.82. The maximum absolute atomic E-state index is 13.2. The Kier molecular flexibility index (Phi) is 9.20. The normalized spacial score (nSPS) is 13.7. The Morgan fingerprint density at radius 3 is 1.77 bits per heavy atom. The molecule has 0 aliphatic heterocycles. The molecule has 0 radical (unpaired) electrons. The van der Waals surface area contributed by atoms with Gasteiger partial charge >= 0.3 is 6.18 Å². The number of nitrogens with two attached hydrogens (primary N) is 1. The van der Waals surface area contributed by atoms with E-state index in [1.807, 2.05) is 13.8 Å². The first-order valence-electron chi connectivity index (χ1n) is 12.2. The minimum absolute atomic E-state index is 0.0641. The number of alkyl halides is 3. The Morgan fingerprint density at radius 1 is 0.923 bits per heavy atom. The summed E-state index contributed by atoms with van der Waals surface area (Å²) in [4.78, 5) is 14.3. The quantitative estimate of drug-likeness (QED) is 0.327. The third kappa shape index (κ3) is 7.46. The predicted molar refractivity (Wildman–Crippen MR) is 143 cm³/mol. The summed E-state index contributed by atoms with van der Waals surface area (Å²) in [5.74, 6) is -0.562. The fourth-order valence-electron chi connectivity index (χ4n) is 4.51. The van der Waals surface area contributed by atoms with E-state index in [4.69, 9.17) is 5.73 Å². The number of hydrogen-bond donors (Lipinski definition) is 1. The lowest BCUT2D eigenvalue weighted by Gasteiger charge is -2.36. The van der Waals surface area contributed by atoms with Gasteiger partial charge < -0.3 is 5.73 Å². The number of nitriles is 1. The van der Waals surface area contributed by atoms with Crippen molar-refractivity contribution in [1.82, 2.24) is 4.90 Å². The van der Waals surface area contributed by atoms with E-state index in [1.165, 1.54) is 24.3 Å². The number of hydrogen-bond acceptors (Lipinski definition) is 5. The third-order valence-electron chi connectivity index (χ3n) is 6.40. The molecule has 0 aliphatic rings. The molecule has 0 saturated carbocycles. The lowest BCUT2D eigenvalue weighted by molar-refractivity contribution is -0.137. The first-order chi connectivity index (χ1) is 18.2. The van der Waals surface area contributed by atoms with Crippen molar-refractivity contribution in [2.75, 3.05) is 12.8 Å². The largest absolute Gasteiger partial charge is 0.416 e. The highest BCUT2D eigenvalue weighted by atomic mass is 32.2. The lowest BCUT2D eigenvalue weighted by atomic mass is 9.91. The van der Waals surface area contributed by atoms with Crippen molar-refractivity contribution in [2.24, 2.45) is 11.7 Å². The standard InChI is InChI=1S/C29H30F3N3O3S/c1-19(2)18-26(28(34)36)35(17-16-33)27(23-8-12-24(13-9-23)29(30,31)32)22-6-4-20(5-7-22)21-10-14-25(15-11-21)39(3,37)38/h4-15,19,26-27H,17-18H2,1-3H3,(H2,34,36)/t26-,27-/m0/s1. The number of carbonyl (C=O) groups is 1. The van der Waals surface area contributed by atoms with Gasteiger partial charge in [0.05, 0.1) is 35.2 Å². The van der Waals surface area contributed by atoms with Crippen molar-refractivity contribution in [2.45, 2.75) is 43.4 Å². The van der Waals surface area contributed by atoms with Gasteiger partial charge in [0.2, 0.25) is 5.91 Å². The van der Waals surface area contributed by atoms with E-state index in [0.717, 1.165) is 29.5 Å². The monoisotopic (exact) mass is 557 g/mol. The molecule has 3 aromatic rings. The second kappa shape index (κ2) is 12.0. The molecule has 3 rings (SSSR count). The highest BCUT2D eigenvalue weighted by molar-refractivity contribution is 7.90. The Morgan fingerprint density at radius 2 is 1.38 bits per heavy atom. The number of carbonyl (C=O) groups excluding carboxylic acids is 1. The van der Waals surface area contributed by atoms with Gasteiger partial charge in [0.1, 0.15) is 0 Å². The van der Waals surface area contributed by atoms with Crippen molar-refractivity contribution in [1.29, 1.82) is 5.26 Å². The molecule has 0 fully saturated rings. The predicted octanol–water partition coefficient (Wildman–Crippen LogP) is 5.59. The van der Waals surface area contributed by atoms with E-state index in [9.17, 15) is 31.6 Å². The van der Waals surface area contributed by atoms with E-state index >= 15 is 0 Å². The maximum Gasteiger partial charge on any atom is 0.416 e. The summed E-state index contributed by atoms with van der Waals surface area (Å²) >= 11 is 0. The molecule has 3 aromatic carbocycles. The molecule has 1 amide bonds. The molecule has 0 aromatic heterocycles. The van der Waals surface area contributed by atoms with Crippen LogP contribution in [0.15, 0.2) is 77.7 Å². The van der Waals surface area contributed by atoms with Crippen molar-refractivity contribution in [3.8, 4) is 17.2 Å². The van der Waals surface area contributed by atoms with Gasteiger partial charge in [-0.1, -0.05) is 62.4 Å². The summed E-state index contributed by atoms with van der Waals surface area (Å²) in [6.07, 6.45) is -3.02. The Balaban J connectivity index is 2.10. The highest BCUT2D eigenvalue weighted by Gasteiger charge is 2.34. The summed E-state index contributed by atoms with van der Waals surface area (Å²) in [6, 6.07) is 18.7. The smallest absolute Gasteiger partial charge is 0.368 e. The second-order valence-corrected chi connectivity index (χ2v) is 11.8. The molecular formula is C29H30F3N3O3S. The van der Waals surface area contributed by atoms with Gasteiger partial charge in [-0.2, -0.15) is 18.4 Å². The molecule has 0 bridgehead atoms. The van der Waals surface area contributed by atoms with Crippen LogP contribution < -0.4 is 5.73 Å². The van der Waals surface area contributed by atoms with Crippen molar-refractivity contribution < 1.29 is 26.4 Å². The van der Waals surface area contributed by atoms with Gasteiger partial charge in [-0.15, -0.1) is 0 Å². The molecular weight excluding hydrogens is 527 g/mol. The maximum atomic E-state index is 13.2. The fraction of sp³-hybridized carbons (Fsp3) is 0.310. The van der Waals surface area contributed by atoms with Gasteiger partial charge in [0.25, 0.3) is 0 Å². The van der Waals surface area contributed by atoms with Crippen LogP contribution >= 0.6 is 0 Å². The van der Waals surface area contributed by atoms with Crippen LogP contribution in [0.1, 0.15) is 43.0 Å². The number of nitrogens with zero attached hydrogens (tertiary/aromatic N) is 2. The Bertz CT molecular complexity index is 1430. The summed E-state index contributed by atoms with van der Waals surface area (Å²) in [5, 5.41) is 9.63. The average molecular weight is 558 g/mol. The first kappa shape index (κ1) is 29.9. The van der Waals surface area contributed by atoms with Crippen LogP contribution in [-0.2, 0) is 20.8 Å². The topological polar surface area (TPSA) is 104 Å². The van der Waals surface area contributed by atoms with E-state index in [1.54, 1.807) is 41.3 Å². The number of rotatable bonds is 10. The van der Waals surface area contributed by atoms with E-state index in [-0.39, 0.29) is 17.4 Å². The summed E-state index contributed by atoms with van der Waals surface area (Å²) in [7, 11) is -3.34. The molecule has 39 heavy (non-hydrogen) atoms. The first-order valence-corrected chi connectivity index (χ1v) is 14.1. The molecule has 0 unspecified atom stereocenters. The SMILES string of the molecule is CC(C)C[C@@H](C(N)=O)N(CC#N)[C@@H](c1ccc(-c2ccc(S(C)(=O)=O)cc2)cc1)c1ccc(C(F)(F)F)cc1.